The predicted molar refractivity (Wildman–Crippen MR) is 137 cm³/mol. The second-order valence-corrected chi connectivity index (χ2v) is 9.89. The quantitative estimate of drug-likeness (QED) is 0.414. The minimum atomic E-state index is -0.228. The van der Waals surface area contributed by atoms with Crippen LogP contribution in [0.3, 0.4) is 0 Å². The van der Waals surface area contributed by atoms with Gasteiger partial charge in [-0.05, 0) is 80.5 Å². The molecule has 182 valence electrons. The Balaban J connectivity index is 1.37. The fraction of sp³-hybridized carbons (Fsp3) is 0.500. The first-order valence-electron chi connectivity index (χ1n) is 12.7. The number of fused-ring (bicyclic) bond motifs is 1. The average Bonchev–Trinajstić information content (AvgIpc) is 2.86. The Kier molecular flexibility index (Phi) is 8.49. The highest BCUT2D eigenvalue weighted by atomic mass is 35.5. The summed E-state index contributed by atoms with van der Waals surface area (Å²) in [5.41, 5.74) is 1.62. The molecule has 0 spiro atoms. The Bertz CT molecular complexity index is 990. The predicted octanol–water partition coefficient (Wildman–Crippen LogP) is 6.96. The van der Waals surface area contributed by atoms with E-state index >= 15 is 0 Å². The molecule has 1 saturated heterocycles. The number of nitrogens with one attached hydrogen (secondary N) is 1. The number of carbonyl (C=O) groups excluding carboxylic acids is 2. The zero-order valence-electron chi connectivity index (χ0n) is 20.0. The van der Waals surface area contributed by atoms with Gasteiger partial charge in [0.1, 0.15) is 5.75 Å². The molecule has 0 aromatic heterocycles. The standard InChI is InChI=1S/C28H35ClN2O3/c1-2-3-6-18-34-23-14-11-21(12-15-23)27(32)30-22-13-16-24(25(29)19-22)28(33)31-17-7-9-20-8-4-5-10-26(20)31/h11-16,19-20,26H,2-10,17-18H2,1H3,(H,30,32)/t20-,26-/m1/s1. The Morgan fingerprint density at radius 3 is 2.56 bits per heavy atom. The molecule has 1 saturated carbocycles. The first-order chi connectivity index (χ1) is 16.6. The molecule has 4 rings (SSSR count). The van der Waals surface area contributed by atoms with E-state index in [4.69, 9.17) is 16.3 Å². The third-order valence-electron chi connectivity index (χ3n) is 7.09. The molecule has 2 aliphatic rings. The van der Waals surface area contributed by atoms with Gasteiger partial charge in [-0.25, -0.2) is 0 Å². The van der Waals surface area contributed by atoms with Gasteiger partial charge in [0.05, 0.1) is 17.2 Å². The summed E-state index contributed by atoms with van der Waals surface area (Å²) in [6, 6.07) is 12.6. The zero-order chi connectivity index (χ0) is 23.9. The van der Waals surface area contributed by atoms with Gasteiger partial charge in [-0.15, -0.1) is 0 Å². The van der Waals surface area contributed by atoms with E-state index in [1.165, 1.54) is 25.7 Å². The molecule has 5 nitrogen and oxygen atoms in total. The number of piperidine rings is 1. The summed E-state index contributed by atoms with van der Waals surface area (Å²) in [6.07, 6.45) is 10.4. The molecular formula is C28H35ClN2O3. The number of hydrogen-bond acceptors (Lipinski definition) is 3. The van der Waals surface area contributed by atoms with Gasteiger partial charge in [0, 0.05) is 23.8 Å². The smallest absolute Gasteiger partial charge is 0.255 e. The normalized spacial score (nSPS) is 19.9. The topological polar surface area (TPSA) is 58.6 Å². The second kappa shape index (κ2) is 11.7. The van der Waals surface area contributed by atoms with E-state index < -0.39 is 0 Å². The van der Waals surface area contributed by atoms with Crippen LogP contribution in [-0.2, 0) is 0 Å². The van der Waals surface area contributed by atoms with E-state index in [1.807, 2.05) is 17.0 Å². The number of halogens is 1. The molecule has 2 amide bonds. The molecule has 1 heterocycles. The van der Waals surface area contributed by atoms with Crippen LogP contribution in [0.4, 0.5) is 5.69 Å². The molecule has 2 aromatic carbocycles. The van der Waals surface area contributed by atoms with Crippen molar-refractivity contribution in [3.63, 3.8) is 0 Å². The highest BCUT2D eigenvalue weighted by Crippen LogP contribution is 2.36. The summed E-state index contributed by atoms with van der Waals surface area (Å²) in [7, 11) is 0. The lowest BCUT2D eigenvalue weighted by molar-refractivity contribution is 0.0391. The number of amides is 2. The second-order valence-electron chi connectivity index (χ2n) is 9.48. The van der Waals surface area contributed by atoms with Crippen molar-refractivity contribution in [1.29, 1.82) is 0 Å². The molecule has 2 aromatic rings. The van der Waals surface area contributed by atoms with E-state index in [0.29, 0.717) is 40.4 Å². The number of unbranched alkanes of at least 4 members (excludes halogenated alkanes) is 2. The highest BCUT2D eigenvalue weighted by Gasteiger charge is 2.36. The fourth-order valence-corrected chi connectivity index (χ4v) is 5.51. The van der Waals surface area contributed by atoms with Crippen LogP contribution < -0.4 is 10.1 Å². The highest BCUT2D eigenvalue weighted by molar-refractivity contribution is 6.34. The molecule has 0 radical (unpaired) electrons. The number of benzene rings is 2. The van der Waals surface area contributed by atoms with Crippen LogP contribution in [0.5, 0.6) is 5.75 Å². The van der Waals surface area contributed by atoms with Gasteiger partial charge in [-0.2, -0.15) is 0 Å². The van der Waals surface area contributed by atoms with E-state index in [1.54, 1.807) is 30.3 Å². The molecule has 2 atom stereocenters. The largest absolute Gasteiger partial charge is 0.494 e. The number of rotatable bonds is 8. The summed E-state index contributed by atoms with van der Waals surface area (Å²) in [4.78, 5) is 28.0. The summed E-state index contributed by atoms with van der Waals surface area (Å²) < 4.78 is 5.71. The van der Waals surface area contributed by atoms with Crippen molar-refractivity contribution in [3.05, 3.63) is 58.6 Å². The molecule has 1 aliphatic carbocycles. The van der Waals surface area contributed by atoms with Gasteiger partial charge >= 0.3 is 0 Å². The van der Waals surface area contributed by atoms with Crippen LogP contribution in [0.1, 0.15) is 85.4 Å². The monoisotopic (exact) mass is 482 g/mol. The third-order valence-corrected chi connectivity index (χ3v) is 7.41. The molecule has 2 fully saturated rings. The summed E-state index contributed by atoms with van der Waals surface area (Å²) in [5, 5.41) is 3.25. The van der Waals surface area contributed by atoms with E-state index in [-0.39, 0.29) is 11.8 Å². The number of ether oxygens (including phenoxy) is 1. The van der Waals surface area contributed by atoms with Gasteiger partial charge in [-0.1, -0.05) is 44.2 Å². The van der Waals surface area contributed by atoms with Gasteiger partial charge < -0.3 is 15.0 Å². The summed E-state index contributed by atoms with van der Waals surface area (Å²) in [5.74, 6) is 1.16. The van der Waals surface area contributed by atoms with E-state index in [2.05, 4.69) is 12.2 Å². The molecule has 0 bridgehead atoms. The Hall–Kier alpha value is -2.53. The number of likely N-dealkylation sites (tertiary alicyclic amines) is 1. The van der Waals surface area contributed by atoms with Crippen LogP contribution in [0.15, 0.2) is 42.5 Å². The minimum absolute atomic E-state index is 0.00834. The Morgan fingerprint density at radius 2 is 1.79 bits per heavy atom. The van der Waals surface area contributed by atoms with Crippen molar-refractivity contribution in [2.75, 3.05) is 18.5 Å². The number of anilines is 1. The lowest BCUT2D eigenvalue weighted by atomic mass is 9.78. The van der Waals surface area contributed by atoms with Gasteiger partial charge in [0.2, 0.25) is 0 Å². The van der Waals surface area contributed by atoms with Crippen LogP contribution >= 0.6 is 11.6 Å². The third kappa shape index (κ3) is 5.93. The fourth-order valence-electron chi connectivity index (χ4n) is 5.25. The van der Waals surface area contributed by atoms with Crippen molar-refractivity contribution < 1.29 is 14.3 Å². The number of carbonyl (C=O) groups is 2. The van der Waals surface area contributed by atoms with Crippen LogP contribution in [0.25, 0.3) is 0 Å². The van der Waals surface area contributed by atoms with E-state index in [9.17, 15) is 9.59 Å². The molecular weight excluding hydrogens is 448 g/mol. The maximum absolute atomic E-state index is 13.3. The zero-order valence-corrected chi connectivity index (χ0v) is 20.8. The average molecular weight is 483 g/mol. The van der Waals surface area contributed by atoms with Crippen molar-refractivity contribution in [1.82, 2.24) is 4.90 Å². The lowest BCUT2D eigenvalue weighted by Gasteiger charge is -2.44. The SMILES string of the molecule is CCCCCOc1ccc(C(=O)Nc2ccc(C(=O)N3CCC[C@H]4CCCC[C@H]43)c(Cl)c2)cc1. The van der Waals surface area contributed by atoms with Crippen molar-refractivity contribution in [2.45, 2.75) is 70.8 Å². The van der Waals surface area contributed by atoms with Crippen LogP contribution in [0, 0.1) is 5.92 Å². The summed E-state index contributed by atoms with van der Waals surface area (Å²) in [6.45, 7) is 3.64. The van der Waals surface area contributed by atoms with E-state index in [0.717, 1.165) is 44.4 Å². The number of hydrogen-bond donors (Lipinski definition) is 1. The van der Waals surface area contributed by atoms with Gasteiger partial charge in [0.25, 0.3) is 11.8 Å². The Morgan fingerprint density at radius 1 is 1.03 bits per heavy atom. The van der Waals surface area contributed by atoms with Crippen molar-refractivity contribution >= 4 is 29.1 Å². The van der Waals surface area contributed by atoms with Gasteiger partial charge in [0.15, 0.2) is 0 Å². The van der Waals surface area contributed by atoms with Crippen molar-refractivity contribution in [3.8, 4) is 5.75 Å². The van der Waals surface area contributed by atoms with Crippen LogP contribution in [0.2, 0.25) is 5.02 Å². The summed E-state index contributed by atoms with van der Waals surface area (Å²) >= 11 is 6.52. The molecule has 0 unspecified atom stereocenters. The lowest BCUT2D eigenvalue weighted by Crippen LogP contribution is -2.49. The first-order valence-corrected chi connectivity index (χ1v) is 13.1. The minimum Gasteiger partial charge on any atom is -0.494 e. The van der Waals surface area contributed by atoms with Gasteiger partial charge in [-0.3, -0.25) is 9.59 Å². The maximum Gasteiger partial charge on any atom is 0.255 e. The number of nitrogens with zero attached hydrogens (tertiary/aromatic N) is 1. The Labute approximate surface area is 207 Å². The maximum atomic E-state index is 13.3. The van der Waals surface area contributed by atoms with Crippen molar-refractivity contribution in [2.24, 2.45) is 5.92 Å². The molecule has 6 heteroatoms. The van der Waals surface area contributed by atoms with Crippen LogP contribution in [-0.4, -0.2) is 35.9 Å². The molecule has 1 aliphatic heterocycles. The molecule has 34 heavy (non-hydrogen) atoms. The molecule has 1 N–H and O–H groups in total. The first kappa shape index (κ1) is 24.6.